The van der Waals surface area contributed by atoms with Gasteiger partial charge in [-0.3, -0.25) is 0 Å². The molecular formula is C18H21N3O5. The number of hydrogen-bond donors (Lipinski definition) is 3. The predicted octanol–water partition coefficient (Wildman–Crippen LogP) is 1.17. The molecule has 1 aliphatic heterocycles. The second-order valence-electron chi connectivity index (χ2n) is 6.06. The smallest absolute Gasteiger partial charge is 0.339 e. The Hall–Kier alpha value is -2.71. The van der Waals surface area contributed by atoms with Crippen molar-refractivity contribution in [1.29, 1.82) is 0 Å². The number of aliphatic hydroxyl groups is 2. The molecular weight excluding hydrogens is 338 g/mol. The molecule has 8 heteroatoms. The van der Waals surface area contributed by atoms with Gasteiger partial charge in [-0.25, -0.2) is 14.8 Å². The van der Waals surface area contributed by atoms with Gasteiger partial charge >= 0.3 is 5.97 Å². The van der Waals surface area contributed by atoms with Crippen LogP contribution in [0.2, 0.25) is 0 Å². The molecule has 0 spiro atoms. The lowest BCUT2D eigenvalue weighted by atomic mass is 10.1. The van der Waals surface area contributed by atoms with E-state index in [4.69, 9.17) is 4.74 Å². The summed E-state index contributed by atoms with van der Waals surface area (Å²) in [5.41, 5.74) is 1.27. The molecule has 138 valence electrons. The molecule has 0 radical (unpaired) electrons. The first kappa shape index (κ1) is 18.1. The number of rotatable bonds is 5. The van der Waals surface area contributed by atoms with Crippen molar-refractivity contribution >= 4 is 11.9 Å². The number of hydrogen-bond acceptors (Lipinski definition) is 7. The van der Waals surface area contributed by atoms with Crippen molar-refractivity contribution in [2.75, 3.05) is 24.6 Å². The molecule has 1 fully saturated rings. The van der Waals surface area contributed by atoms with Crippen molar-refractivity contribution in [3.63, 3.8) is 0 Å². The minimum atomic E-state index is -1.07. The Morgan fingerprint density at radius 2 is 2.12 bits per heavy atom. The Labute approximate surface area is 150 Å². The van der Waals surface area contributed by atoms with Gasteiger partial charge in [-0.1, -0.05) is 0 Å². The van der Waals surface area contributed by atoms with Crippen LogP contribution in [-0.2, 0) is 0 Å². The van der Waals surface area contributed by atoms with Crippen molar-refractivity contribution in [3.8, 4) is 17.0 Å². The molecule has 2 heterocycles. The highest BCUT2D eigenvalue weighted by atomic mass is 16.5. The van der Waals surface area contributed by atoms with Gasteiger partial charge in [0.05, 0.1) is 24.5 Å². The number of aromatic nitrogens is 2. The molecule has 0 unspecified atom stereocenters. The SMILES string of the molecule is CCOc1ccc(-c2ccnc(N3CC[C@H](O)[C@@H](O)C3)n2)cc1C(=O)O. The van der Waals surface area contributed by atoms with E-state index in [2.05, 4.69) is 9.97 Å². The maximum absolute atomic E-state index is 11.5. The third-order valence-corrected chi connectivity index (χ3v) is 4.28. The van der Waals surface area contributed by atoms with E-state index >= 15 is 0 Å². The van der Waals surface area contributed by atoms with Crippen molar-refractivity contribution in [3.05, 3.63) is 36.0 Å². The van der Waals surface area contributed by atoms with E-state index < -0.39 is 18.2 Å². The van der Waals surface area contributed by atoms with Crippen LogP contribution < -0.4 is 9.64 Å². The zero-order valence-corrected chi connectivity index (χ0v) is 14.4. The number of benzene rings is 1. The van der Waals surface area contributed by atoms with E-state index in [1.807, 2.05) is 0 Å². The highest BCUT2D eigenvalue weighted by Gasteiger charge is 2.27. The van der Waals surface area contributed by atoms with Crippen LogP contribution in [0, 0.1) is 0 Å². The third-order valence-electron chi connectivity index (χ3n) is 4.28. The third kappa shape index (κ3) is 3.76. The van der Waals surface area contributed by atoms with Crippen LogP contribution in [0.25, 0.3) is 11.3 Å². The monoisotopic (exact) mass is 359 g/mol. The minimum Gasteiger partial charge on any atom is -0.493 e. The zero-order chi connectivity index (χ0) is 18.7. The normalized spacial score (nSPS) is 20.0. The van der Waals surface area contributed by atoms with Crippen LogP contribution in [0.15, 0.2) is 30.5 Å². The molecule has 2 aromatic rings. The number of carbonyl (C=O) groups is 1. The molecule has 26 heavy (non-hydrogen) atoms. The quantitative estimate of drug-likeness (QED) is 0.729. The maximum Gasteiger partial charge on any atom is 0.339 e. The van der Waals surface area contributed by atoms with Crippen molar-refractivity contribution in [1.82, 2.24) is 9.97 Å². The van der Waals surface area contributed by atoms with Crippen LogP contribution >= 0.6 is 0 Å². The van der Waals surface area contributed by atoms with E-state index in [9.17, 15) is 20.1 Å². The molecule has 2 atom stereocenters. The van der Waals surface area contributed by atoms with Gasteiger partial charge in [0.2, 0.25) is 5.95 Å². The van der Waals surface area contributed by atoms with E-state index in [0.29, 0.717) is 42.5 Å². The highest BCUT2D eigenvalue weighted by molar-refractivity contribution is 5.92. The zero-order valence-electron chi connectivity index (χ0n) is 14.4. The van der Waals surface area contributed by atoms with Crippen molar-refractivity contribution < 1.29 is 24.9 Å². The molecule has 1 aromatic carbocycles. The van der Waals surface area contributed by atoms with E-state index in [-0.39, 0.29) is 12.1 Å². The fraction of sp³-hybridized carbons (Fsp3) is 0.389. The van der Waals surface area contributed by atoms with Gasteiger partial charge in [-0.05, 0) is 37.6 Å². The number of carboxylic acids is 1. The van der Waals surface area contributed by atoms with Gasteiger partial charge in [0.1, 0.15) is 11.3 Å². The van der Waals surface area contributed by atoms with Crippen LogP contribution in [0.4, 0.5) is 5.95 Å². The summed E-state index contributed by atoms with van der Waals surface area (Å²) in [5, 5.41) is 28.9. The molecule has 1 aliphatic rings. The van der Waals surface area contributed by atoms with Crippen LogP contribution in [0.3, 0.4) is 0 Å². The Kier molecular flexibility index (Phi) is 5.34. The number of nitrogens with zero attached hydrogens (tertiary/aromatic N) is 3. The number of ether oxygens (including phenoxy) is 1. The summed E-state index contributed by atoms with van der Waals surface area (Å²) >= 11 is 0. The maximum atomic E-state index is 11.5. The second-order valence-corrected chi connectivity index (χ2v) is 6.06. The Morgan fingerprint density at radius 1 is 1.31 bits per heavy atom. The summed E-state index contributed by atoms with van der Waals surface area (Å²) in [7, 11) is 0. The number of anilines is 1. The van der Waals surface area contributed by atoms with Crippen LogP contribution in [-0.4, -0.2) is 63.2 Å². The van der Waals surface area contributed by atoms with E-state index in [1.165, 1.54) is 6.07 Å². The number of aromatic carboxylic acids is 1. The summed E-state index contributed by atoms with van der Waals surface area (Å²) < 4.78 is 5.36. The van der Waals surface area contributed by atoms with Gasteiger partial charge in [0.25, 0.3) is 0 Å². The highest BCUT2D eigenvalue weighted by Crippen LogP contribution is 2.27. The summed E-state index contributed by atoms with van der Waals surface area (Å²) in [4.78, 5) is 22.0. The fourth-order valence-corrected chi connectivity index (χ4v) is 2.90. The van der Waals surface area contributed by atoms with Crippen LogP contribution in [0.5, 0.6) is 5.75 Å². The standard InChI is InChI=1S/C18H21N3O5/c1-2-26-16-4-3-11(9-12(16)17(24)25)13-5-7-19-18(20-13)21-8-6-14(22)15(23)10-21/h3-5,7,9,14-15,22-23H,2,6,8,10H2,1H3,(H,24,25)/t14-,15-/m0/s1. The van der Waals surface area contributed by atoms with Gasteiger partial charge in [-0.15, -0.1) is 0 Å². The van der Waals surface area contributed by atoms with E-state index in [0.717, 1.165) is 0 Å². The Balaban J connectivity index is 1.90. The average Bonchev–Trinajstić information content (AvgIpc) is 2.64. The summed E-state index contributed by atoms with van der Waals surface area (Å²) in [6.45, 7) is 2.94. The lowest BCUT2D eigenvalue weighted by molar-refractivity contribution is 0.00769. The van der Waals surface area contributed by atoms with Crippen molar-refractivity contribution in [2.45, 2.75) is 25.6 Å². The summed E-state index contributed by atoms with van der Waals surface area (Å²) in [6.07, 6.45) is 0.436. The average molecular weight is 359 g/mol. The Bertz CT molecular complexity index is 798. The van der Waals surface area contributed by atoms with Crippen molar-refractivity contribution in [2.24, 2.45) is 0 Å². The first-order valence-corrected chi connectivity index (χ1v) is 8.44. The van der Waals surface area contributed by atoms with Gasteiger partial charge in [0, 0.05) is 24.8 Å². The van der Waals surface area contributed by atoms with Gasteiger partial charge in [-0.2, -0.15) is 0 Å². The molecule has 1 aromatic heterocycles. The first-order chi connectivity index (χ1) is 12.5. The molecule has 1 saturated heterocycles. The lowest BCUT2D eigenvalue weighted by Gasteiger charge is -2.33. The number of carboxylic acid groups (broad SMARTS) is 1. The molecule has 3 N–H and O–H groups in total. The molecule has 0 bridgehead atoms. The molecule has 8 nitrogen and oxygen atoms in total. The number of piperidine rings is 1. The number of β-amino-alcohol motifs (C(OH)–C–C–N with tert-alkyl or cyclic N) is 1. The molecule has 0 amide bonds. The topological polar surface area (TPSA) is 116 Å². The van der Waals surface area contributed by atoms with Gasteiger partial charge in [0.15, 0.2) is 0 Å². The lowest BCUT2D eigenvalue weighted by Crippen LogP contribution is -2.47. The summed E-state index contributed by atoms with van der Waals surface area (Å²) in [6, 6.07) is 6.58. The van der Waals surface area contributed by atoms with Crippen LogP contribution in [0.1, 0.15) is 23.7 Å². The summed E-state index contributed by atoms with van der Waals surface area (Å²) in [5.74, 6) is -0.330. The molecule has 0 saturated carbocycles. The minimum absolute atomic E-state index is 0.0704. The first-order valence-electron chi connectivity index (χ1n) is 8.44. The largest absolute Gasteiger partial charge is 0.493 e. The fourth-order valence-electron chi connectivity index (χ4n) is 2.90. The Morgan fingerprint density at radius 3 is 2.81 bits per heavy atom. The predicted molar refractivity (Wildman–Crippen MR) is 94.4 cm³/mol. The molecule has 3 rings (SSSR count). The second kappa shape index (κ2) is 7.67. The van der Waals surface area contributed by atoms with Gasteiger partial charge < -0.3 is 25.0 Å². The number of aliphatic hydroxyl groups excluding tert-OH is 2. The van der Waals surface area contributed by atoms with E-state index in [1.54, 1.807) is 36.2 Å². The molecule has 0 aliphatic carbocycles.